The van der Waals surface area contributed by atoms with E-state index in [1.807, 2.05) is 25.1 Å². The van der Waals surface area contributed by atoms with Crippen LogP contribution in [0.4, 0.5) is 0 Å². The Kier molecular flexibility index (Phi) is 5.98. The maximum Gasteiger partial charge on any atom is 0.122 e. The molecule has 0 heterocycles. The van der Waals surface area contributed by atoms with Gasteiger partial charge < -0.3 is 9.84 Å². The first-order chi connectivity index (χ1) is 13.0. The van der Waals surface area contributed by atoms with Crippen LogP contribution < -0.4 is 0 Å². The summed E-state index contributed by atoms with van der Waals surface area (Å²) in [7, 11) is 1.76. The highest BCUT2D eigenvalue weighted by Crippen LogP contribution is 2.32. The molecule has 2 nitrogen and oxygen atoms in total. The first kappa shape index (κ1) is 19.2. The highest BCUT2D eigenvalue weighted by molar-refractivity contribution is 5.47. The third-order valence-electron chi connectivity index (χ3n) is 5.37. The van der Waals surface area contributed by atoms with Gasteiger partial charge in [-0.25, -0.2) is 0 Å². The van der Waals surface area contributed by atoms with E-state index in [-0.39, 0.29) is 6.10 Å². The molecule has 0 spiro atoms. The molecule has 0 aliphatic rings. The summed E-state index contributed by atoms with van der Waals surface area (Å²) >= 11 is 0. The maximum absolute atomic E-state index is 10.6. The Bertz CT molecular complexity index is 927. The largest absolute Gasteiger partial charge is 0.507 e. The zero-order valence-corrected chi connectivity index (χ0v) is 16.6. The van der Waals surface area contributed by atoms with Gasteiger partial charge in [0.05, 0.1) is 6.10 Å². The molecule has 0 fully saturated rings. The van der Waals surface area contributed by atoms with Gasteiger partial charge in [0.15, 0.2) is 0 Å². The van der Waals surface area contributed by atoms with E-state index in [0.29, 0.717) is 12.2 Å². The molecule has 0 aromatic heterocycles. The fourth-order valence-corrected chi connectivity index (χ4v) is 3.59. The van der Waals surface area contributed by atoms with Gasteiger partial charge in [-0.1, -0.05) is 48.5 Å². The fraction of sp³-hybridized carbons (Fsp3) is 0.280. The summed E-state index contributed by atoms with van der Waals surface area (Å²) in [4.78, 5) is 0. The van der Waals surface area contributed by atoms with Crippen molar-refractivity contribution in [3.63, 3.8) is 0 Å². The van der Waals surface area contributed by atoms with Gasteiger partial charge in [0.25, 0.3) is 0 Å². The normalized spacial score (nSPS) is 12.1. The number of hydrogen-bond donors (Lipinski definition) is 1. The minimum absolute atomic E-state index is 0.0407. The molecule has 1 unspecified atom stereocenters. The van der Waals surface area contributed by atoms with Crippen molar-refractivity contribution in [1.29, 1.82) is 0 Å². The fourth-order valence-electron chi connectivity index (χ4n) is 3.59. The molecule has 0 radical (unpaired) electrons. The lowest BCUT2D eigenvalue weighted by molar-refractivity contribution is 0.103. The molecule has 2 heteroatoms. The quantitative estimate of drug-likeness (QED) is 0.598. The predicted molar refractivity (Wildman–Crippen MR) is 111 cm³/mol. The number of hydrogen-bond acceptors (Lipinski definition) is 2. The van der Waals surface area contributed by atoms with Crippen molar-refractivity contribution in [2.24, 2.45) is 0 Å². The van der Waals surface area contributed by atoms with Crippen LogP contribution in [0.25, 0.3) is 0 Å². The number of rotatable bonds is 6. The molecular formula is C25H28O2. The Morgan fingerprint density at radius 1 is 0.778 bits per heavy atom. The van der Waals surface area contributed by atoms with E-state index in [0.717, 1.165) is 23.1 Å². The van der Waals surface area contributed by atoms with E-state index in [2.05, 4.69) is 56.3 Å². The van der Waals surface area contributed by atoms with Crippen molar-refractivity contribution in [3.8, 4) is 5.75 Å². The number of aryl methyl sites for hydroxylation is 3. The van der Waals surface area contributed by atoms with Crippen molar-refractivity contribution < 1.29 is 9.84 Å². The summed E-state index contributed by atoms with van der Waals surface area (Å²) in [6.45, 7) is 6.20. The molecule has 3 rings (SSSR count). The Hall–Kier alpha value is -2.58. The minimum atomic E-state index is -0.0407. The van der Waals surface area contributed by atoms with Gasteiger partial charge in [0.2, 0.25) is 0 Å². The number of ether oxygens (including phenoxy) is 1. The third kappa shape index (κ3) is 4.40. The van der Waals surface area contributed by atoms with Gasteiger partial charge in [-0.3, -0.25) is 0 Å². The van der Waals surface area contributed by atoms with E-state index in [1.165, 1.54) is 22.3 Å². The molecule has 140 valence electrons. The molecule has 0 amide bonds. The van der Waals surface area contributed by atoms with Crippen LogP contribution in [0, 0.1) is 20.8 Å². The first-order valence-corrected chi connectivity index (χ1v) is 9.43. The summed E-state index contributed by atoms with van der Waals surface area (Å²) in [6.07, 6.45) is 1.49. The van der Waals surface area contributed by atoms with E-state index in [1.54, 1.807) is 7.11 Å². The van der Waals surface area contributed by atoms with Crippen LogP contribution in [0.2, 0.25) is 0 Å². The second-order valence-corrected chi connectivity index (χ2v) is 7.30. The van der Waals surface area contributed by atoms with Crippen LogP contribution in [-0.2, 0) is 17.6 Å². The number of phenolic OH excluding ortho intramolecular Hbond substituents is 1. The van der Waals surface area contributed by atoms with Gasteiger partial charge in [-0.15, -0.1) is 0 Å². The van der Waals surface area contributed by atoms with E-state index in [4.69, 9.17) is 4.74 Å². The molecule has 0 aliphatic heterocycles. The lowest BCUT2D eigenvalue weighted by Gasteiger charge is -2.20. The summed E-state index contributed by atoms with van der Waals surface area (Å²) in [5.41, 5.74) is 7.99. The van der Waals surface area contributed by atoms with E-state index < -0.39 is 0 Å². The topological polar surface area (TPSA) is 29.5 Å². The molecule has 0 saturated heterocycles. The molecule has 27 heavy (non-hydrogen) atoms. The molecule has 1 N–H and O–H groups in total. The summed E-state index contributed by atoms with van der Waals surface area (Å²) in [6, 6.07) is 20.9. The number of phenols is 1. The van der Waals surface area contributed by atoms with Crippen molar-refractivity contribution in [2.45, 2.75) is 39.7 Å². The van der Waals surface area contributed by atoms with Crippen LogP contribution in [0.3, 0.4) is 0 Å². The van der Waals surface area contributed by atoms with Crippen LogP contribution in [0.5, 0.6) is 5.75 Å². The van der Waals surface area contributed by atoms with Crippen LogP contribution in [0.1, 0.15) is 45.0 Å². The van der Waals surface area contributed by atoms with Crippen LogP contribution in [-0.4, -0.2) is 12.2 Å². The highest BCUT2D eigenvalue weighted by atomic mass is 16.5. The Morgan fingerprint density at radius 3 is 1.96 bits per heavy atom. The van der Waals surface area contributed by atoms with Gasteiger partial charge in [0, 0.05) is 20.0 Å². The SMILES string of the molecule is COC(Cc1ccccc1C)c1cc(C)c(O)c(Cc2ccccc2C)c1. The van der Waals surface area contributed by atoms with Crippen molar-refractivity contribution in [2.75, 3.05) is 7.11 Å². The molecule has 1 atom stereocenters. The second kappa shape index (κ2) is 8.41. The maximum atomic E-state index is 10.6. The van der Waals surface area contributed by atoms with Crippen molar-refractivity contribution in [1.82, 2.24) is 0 Å². The molecule has 0 aliphatic carbocycles. The van der Waals surface area contributed by atoms with Gasteiger partial charge in [-0.2, -0.15) is 0 Å². The van der Waals surface area contributed by atoms with Gasteiger partial charge in [0.1, 0.15) is 5.75 Å². The summed E-state index contributed by atoms with van der Waals surface area (Å²) < 4.78 is 5.84. The Balaban J connectivity index is 1.94. The molecule has 3 aromatic rings. The number of aromatic hydroxyl groups is 1. The summed E-state index contributed by atoms with van der Waals surface area (Å²) in [5, 5.41) is 10.6. The average Bonchev–Trinajstić information content (AvgIpc) is 2.66. The average molecular weight is 360 g/mol. The lowest BCUT2D eigenvalue weighted by atomic mass is 9.92. The zero-order valence-electron chi connectivity index (χ0n) is 16.6. The highest BCUT2D eigenvalue weighted by Gasteiger charge is 2.17. The first-order valence-electron chi connectivity index (χ1n) is 9.43. The number of methoxy groups -OCH3 is 1. The van der Waals surface area contributed by atoms with Gasteiger partial charge >= 0.3 is 0 Å². The third-order valence-corrected chi connectivity index (χ3v) is 5.37. The predicted octanol–water partition coefficient (Wildman–Crippen LogP) is 5.84. The molecule has 0 saturated carbocycles. The Morgan fingerprint density at radius 2 is 1.37 bits per heavy atom. The number of benzene rings is 3. The molecule has 0 bridgehead atoms. The van der Waals surface area contributed by atoms with Crippen molar-refractivity contribution in [3.05, 3.63) is 99.6 Å². The second-order valence-electron chi connectivity index (χ2n) is 7.30. The lowest BCUT2D eigenvalue weighted by Crippen LogP contribution is -2.08. The standard InChI is InChI=1S/C25H28O2/c1-17-9-5-7-11-20(17)14-23-15-22(13-19(3)25(23)26)24(27-4)16-21-12-8-6-10-18(21)2/h5-13,15,24,26H,14,16H2,1-4H3. The van der Waals surface area contributed by atoms with E-state index >= 15 is 0 Å². The van der Waals surface area contributed by atoms with Crippen molar-refractivity contribution >= 4 is 0 Å². The van der Waals surface area contributed by atoms with E-state index in [9.17, 15) is 5.11 Å². The smallest absolute Gasteiger partial charge is 0.122 e. The monoisotopic (exact) mass is 360 g/mol. The minimum Gasteiger partial charge on any atom is -0.507 e. The van der Waals surface area contributed by atoms with Crippen LogP contribution >= 0.6 is 0 Å². The summed E-state index contributed by atoms with van der Waals surface area (Å²) in [5.74, 6) is 0.382. The van der Waals surface area contributed by atoms with Crippen LogP contribution in [0.15, 0.2) is 60.7 Å². The van der Waals surface area contributed by atoms with Gasteiger partial charge in [-0.05, 0) is 71.8 Å². The molecule has 3 aromatic carbocycles. The Labute approximate surface area is 162 Å². The molecular weight excluding hydrogens is 332 g/mol. The zero-order chi connectivity index (χ0) is 19.4.